The molecule has 1 aromatic heterocycles. The van der Waals surface area contributed by atoms with Crippen molar-refractivity contribution < 1.29 is 13.9 Å². The number of nitrogens with one attached hydrogen (secondary N) is 1. The lowest BCUT2D eigenvalue weighted by molar-refractivity contribution is -0.122. The first kappa shape index (κ1) is 16.1. The van der Waals surface area contributed by atoms with Crippen LogP contribution in [0, 0.1) is 6.92 Å². The summed E-state index contributed by atoms with van der Waals surface area (Å²) in [5, 5.41) is 2.82. The minimum absolute atomic E-state index is 0.0331. The number of nitrogens with zero attached hydrogens (tertiary/aromatic N) is 1. The molecule has 1 aromatic carbocycles. The Morgan fingerprint density at radius 2 is 2.05 bits per heavy atom. The zero-order valence-corrected chi connectivity index (χ0v) is 13.0. The Kier molecular flexibility index (Phi) is 6.03. The number of carbonyl (C=O) groups is 1. The van der Waals surface area contributed by atoms with E-state index in [9.17, 15) is 4.79 Å². The van der Waals surface area contributed by atoms with Gasteiger partial charge in [-0.1, -0.05) is 17.7 Å². The van der Waals surface area contributed by atoms with Crippen molar-refractivity contribution in [1.82, 2.24) is 10.2 Å². The first-order chi connectivity index (χ1) is 10.6. The van der Waals surface area contributed by atoms with Gasteiger partial charge < -0.3 is 14.5 Å². The van der Waals surface area contributed by atoms with Crippen LogP contribution in [0.25, 0.3) is 0 Å². The minimum Gasteiger partial charge on any atom is -0.492 e. The number of amides is 1. The van der Waals surface area contributed by atoms with E-state index >= 15 is 0 Å². The fourth-order valence-electron chi connectivity index (χ4n) is 1.93. The van der Waals surface area contributed by atoms with Crippen molar-refractivity contribution in [3.63, 3.8) is 0 Å². The molecule has 2 aromatic rings. The van der Waals surface area contributed by atoms with E-state index in [1.807, 2.05) is 49.2 Å². The number of likely N-dealkylation sites (N-methyl/N-ethyl adjacent to an activating group) is 1. The number of aryl methyl sites for hydroxylation is 1. The van der Waals surface area contributed by atoms with E-state index in [-0.39, 0.29) is 5.91 Å². The number of hydrogen-bond acceptors (Lipinski definition) is 4. The molecule has 22 heavy (non-hydrogen) atoms. The number of rotatable bonds is 8. The summed E-state index contributed by atoms with van der Waals surface area (Å²) in [6.45, 7) is 4.02. The second-order valence-electron chi connectivity index (χ2n) is 5.26. The van der Waals surface area contributed by atoms with Crippen LogP contribution >= 0.6 is 0 Å². The van der Waals surface area contributed by atoms with Gasteiger partial charge in [0.05, 0.1) is 19.4 Å². The van der Waals surface area contributed by atoms with Gasteiger partial charge >= 0.3 is 0 Å². The lowest BCUT2D eigenvalue weighted by atomic mass is 10.2. The third kappa shape index (κ3) is 5.61. The van der Waals surface area contributed by atoms with Gasteiger partial charge in [0.2, 0.25) is 5.91 Å². The molecule has 2 rings (SSSR count). The van der Waals surface area contributed by atoms with E-state index in [1.165, 1.54) is 5.56 Å². The van der Waals surface area contributed by atoms with Crippen molar-refractivity contribution in [2.45, 2.75) is 13.5 Å². The van der Waals surface area contributed by atoms with E-state index in [4.69, 9.17) is 9.15 Å². The smallest absolute Gasteiger partial charge is 0.234 e. The van der Waals surface area contributed by atoms with E-state index in [0.29, 0.717) is 26.2 Å². The molecule has 1 heterocycles. The highest BCUT2D eigenvalue weighted by molar-refractivity contribution is 5.77. The zero-order chi connectivity index (χ0) is 15.8. The monoisotopic (exact) mass is 302 g/mol. The fraction of sp³-hybridized carbons (Fsp3) is 0.353. The molecular weight excluding hydrogens is 280 g/mol. The summed E-state index contributed by atoms with van der Waals surface area (Å²) in [4.78, 5) is 13.7. The van der Waals surface area contributed by atoms with E-state index < -0.39 is 0 Å². The van der Waals surface area contributed by atoms with Crippen LogP contribution in [0.1, 0.15) is 11.3 Å². The fourth-order valence-corrected chi connectivity index (χ4v) is 1.93. The summed E-state index contributed by atoms with van der Waals surface area (Å²) >= 11 is 0. The third-order valence-electron chi connectivity index (χ3n) is 3.22. The van der Waals surface area contributed by atoms with Crippen molar-refractivity contribution in [2.75, 3.05) is 26.7 Å². The Morgan fingerprint density at radius 1 is 1.27 bits per heavy atom. The maximum absolute atomic E-state index is 11.8. The van der Waals surface area contributed by atoms with Gasteiger partial charge in [-0.15, -0.1) is 0 Å². The standard InChI is InChI=1S/C17H22N2O3/c1-14-5-7-15(8-6-14)22-11-9-19(2)13-17(20)18-12-16-4-3-10-21-16/h3-8,10H,9,11-13H2,1-2H3,(H,18,20). The molecule has 1 N–H and O–H groups in total. The SMILES string of the molecule is Cc1ccc(OCCN(C)CC(=O)NCc2ccco2)cc1. The molecular formula is C17H22N2O3. The summed E-state index contributed by atoms with van der Waals surface area (Å²) in [7, 11) is 1.89. The molecule has 0 aliphatic rings. The molecule has 118 valence electrons. The van der Waals surface area contributed by atoms with Crippen LogP contribution in [0.15, 0.2) is 47.1 Å². The van der Waals surface area contributed by atoms with Gasteiger partial charge in [0, 0.05) is 6.54 Å². The quantitative estimate of drug-likeness (QED) is 0.812. The number of hydrogen-bond donors (Lipinski definition) is 1. The summed E-state index contributed by atoms with van der Waals surface area (Å²) in [5.74, 6) is 1.56. The Morgan fingerprint density at radius 3 is 2.73 bits per heavy atom. The average Bonchev–Trinajstić information content (AvgIpc) is 3.00. The number of benzene rings is 1. The zero-order valence-electron chi connectivity index (χ0n) is 13.0. The van der Waals surface area contributed by atoms with Gasteiger partial charge in [-0.05, 0) is 38.2 Å². The van der Waals surface area contributed by atoms with Crippen molar-refractivity contribution in [2.24, 2.45) is 0 Å². The van der Waals surface area contributed by atoms with Crippen LogP contribution in [0.3, 0.4) is 0 Å². The van der Waals surface area contributed by atoms with Gasteiger partial charge in [0.1, 0.15) is 18.1 Å². The van der Waals surface area contributed by atoms with Crippen molar-refractivity contribution in [3.8, 4) is 5.75 Å². The van der Waals surface area contributed by atoms with Crippen LogP contribution in [-0.2, 0) is 11.3 Å². The molecule has 0 bridgehead atoms. The van der Waals surface area contributed by atoms with Crippen LogP contribution < -0.4 is 10.1 Å². The minimum atomic E-state index is -0.0331. The Balaban J connectivity index is 1.61. The van der Waals surface area contributed by atoms with Crippen molar-refractivity contribution in [1.29, 1.82) is 0 Å². The van der Waals surface area contributed by atoms with Gasteiger partial charge in [-0.3, -0.25) is 9.69 Å². The van der Waals surface area contributed by atoms with E-state index in [2.05, 4.69) is 5.32 Å². The van der Waals surface area contributed by atoms with E-state index in [1.54, 1.807) is 12.3 Å². The largest absolute Gasteiger partial charge is 0.492 e. The normalized spacial score (nSPS) is 10.7. The molecule has 5 nitrogen and oxygen atoms in total. The topological polar surface area (TPSA) is 54.7 Å². The average molecular weight is 302 g/mol. The van der Waals surface area contributed by atoms with Crippen LogP contribution in [0.4, 0.5) is 0 Å². The molecule has 0 spiro atoms. The maximum Gasteiger partial charge on any atom is 0.234 e. The van der Waals surface area contributed by atoms with Gasteiger partial charge in [0.15, 0.2) is 0 Å². The number of ether oxygens (including phenoxy) is 1. The molecule has 0 saturated carbocycles. The van der Waals surface area contributed by atoms with Gasteiger partial charge in [0.25, 0.3) is 0 Å². The predicted molar refractivity (Wildman–Crippen MR) is 84.7 cm³/mol. The second-order valence-corrected chi connectivity index (χ2v) is 5.26. The highest BCUT2D eigenvalue weighted by Crippen LogP contribution is 2.11. The lowest BCUT2D eigenvalue weighted by Gasteiger charge is -2.16. The molecule has 5 heteroatoms. The summed E-state index contributed by atoms with van der Waals surface area (Å²) < 4.78 is 10.8. The molecule has 1 amide bonds. The molecule has 0 unspecified atom stereocenters. The summed E-state index contributed by atoms with van der Waals surface area (Å²) in [6, 6.07) is 11.6. The molecule has 0 radical (unpaired) electrons. The lowest BCUT2D eigenvalue weighted by Crippen LogP contribution is -2.36. The van der Waals surface area contributed by atoms with Gasteiger partial charge in [-0.2, -0.15) is 0 Å². The first-order valence-electron chi connectivity index (χ1n) is 7.30. The molecule has 0 fully saturated rings. The molecule has 0 aliphatic carbocycles. The third-order valence-corrected chi connectivity index (χ3v) is 3.22. The molecule has 0 aliphatic heterocycles. The van der Waals surface area contributed by atoms with Gasteiger partial charge in [-0.25, -0.2) is 0 Å². The van der Waals surface area contributed by atoms with Crippen molar-refractivity contribution in [3.05, 3.63) is 54.0 Å². The predicted octanol–water partition coefficient (Wildman–Crippen LogP) is 2.22. The number of carbonyl (C=O) groups excluding carboxylic acids is 1. The first-order valence-corrected chi connectivity index (χ1v) is 7.30. The Labute approximate surface area is 130 Å². The Hall–Kier alpha value is -2.27. The second kappa shape index (κ2) is 8.24. The highest BCUT2D eigenvalue weighted by atomic mass is 16.5. The number of furan rings is 1. The Bertz CT molecular complexity index is 564. The van der Waals surface area contributed by atoms with Crippen LogP contribution in [0.2, 0.25) is 0 Å². The van der Waals surface area contributed by atoms with Crippen LogP contribution in [-0.4, -0.2) is 37.6 Å². The summed E-state index contributed by atoms with van der Waals surface area (Å²) in [6.07, 6.45) is 1.59. The maximum atomic E-state index is 11.8. The summed E-state index contributed by atoms with van der Waals surface area (Å²) in [5.41, 5.74) is 1.21. The molecule has 0 atom stereocenters. The highest BCUT2D eigenvalue weighted by Gasteiger charge is 2.07. The van der Waals surface area contributed by atoms with Crippen molar-refractivity contribution >= 4 is 5.91 Å². The van der Waals surface area contributed by atoms with Crippen LogP contribution in [0.5, 0.6) is 5.75 Å². The molecule has 0 saturated heterocycles. The van der Waals surface area contributed by atoms with E-state index in [0.717, 1.165) is 11.5 Å².